The highest BCUT2D eigenvalue weighted by Crippen LogP contribution is 2.24. The summed E-state index contributed by atoms with van der Waals surface area (Å²) < 4.78 is 0. The van der Waals surface area contributed by atoms with E-state index in [4.69, 9.17) is 5.11 Å². The van der Waals surface area contributed by atoms with E-state index < -0.39 is 0 Å². The lowest BCUT2D eigenvalue weighted by Gasteiger charge is -2.22. The average Bonchev–Trinajstić information content (AvgIpc) is 2.96. The van der Waals surface area contributed by atoms with Crippen LogP contribution >= 0.6 is 11.3 Å². The van der Waals surface area contributed by atoms with Crippen LogP contribution in [0.4, 0.5) is 5.69 Å². The number of rotatable bonds is 3. The molecule has 108 valence electrons. The third-order valence-electron chi connectivity index (χ3n) is 3.08. The first kappa shape index (κ1) is 15.3. The van der Waals surface area contributed by atoms with Gasteiger partial charge in [-0.2, -0.15) is 0 Å². The summed E-state index contributed by atoms with van der Waals surface area (Å²) in [5.74, 6) is 5.40. The minimum absolute atomic E-state index is 0.0196. The van der Waals surface area contributed by atoms with Crippen molar-refractivity contribution < 1.29 is 9.90 Å². The smallest absolute Gasteiger partial charge is 0.268 e. The molecule has 2 aromatic rings. The Balaban J connectivity index is 2.29. The molecule has 0 saturated carbocycles. The largest absolute Gasteiger partial charge is 0.384 e. The van der Waals surface area contributed by atoms with Crippen LogP contribution in [0.3, 0.4) is 0 Å². The van der Waals surface area contributed by atoms with Crippen molar-refractivity contribution in [1.82, 2.24) is 0 Å². The number of hydrogen-bond acceptors (Lipinski definition) is 3. The lowest BCUT2D eigenvalue weighted by Crippen LogP contribution is -2.30. The molecule has 1 heterocycles. The summed E-state index contributed by atoms with van der Waals surface area (Å²) in [5, 5.41) is 8.70. The molecule has 1 N–H and O–H groups in total. The number of aliphatic hydroxyl groups is 1. The number of benzene rings is 1. The first-order chi connectivity index (χ1) is 10.2. The predicted octanol–water partition coefficient (Wildman–Crippen LogP) is 3.07. The summed E-state index contributed by atoms with van der Waals surface area (Å²) in [7, 11) is 0. The van der Waals surface area contributed by atoms with Crippen LogP contribution in [0.2, 0.25) is 0 Å². The minimum Gasteiger partial charge on any atom is -0.384 e. The molecule has 0 saturated heterocycles. The van der Waals surface area contributed by atoms with Crippen LogP contribution in [-0.2, 0) is 0 Å². The highest BCUT2D eigenvalue weighted by molar-refractivity contribution is 7.14. The van der Waals surface area contributed by atoms with Crippen LogP contribution in [0.5, 0.6) is 0 Å². The SMILES string of the molecule is CCN(C(=O)c1ccc(C#CCO)s1)c1ccccc1C. The highest BCUT2D eigenvalue weighted by atomic mass is 32.1. The molecule has 0 radical (unpaired) electrons. The number of nitrogens with zero attached hydrogens (tertiary/aromatic N) is 1. The van der Waals surface area contributed by atoms with E-state index in [0.717, 1.165) is 16.1 Å². The zero-order valence-corrected chi connectivity index (χ0v) is 12.9. The fourth-order valence-electron chi connectivity index (χ4n) is 2.07. The lowest BCUT2D eigenvalue weighted by atomic mass is 10.1. The number of aliphatic hydroxyl groups excluding tert-OH is 1. The molecule has 1 aromatic carbocycles. The zero-order chi connectivity index (χ0) is 15.2. The standard InChI is InChI=1S/C17H17NO2S/c1-3-18(15-9-5-4-7-13(15)2)17(20)16-11-10-14(21-16)8-6-12-19/h4-5,7,9-11,19H,3,12H2,1-2H3. The number of carbonyl (C=O) groups excluding carboxylic acids is 1. The number of aryl methyl sites for hydroxylation is 1. The van der Waals surface area contributed by atoms with Gasteiger partial charge in [0.05, 0.1) is 9.75 Å². The number of hydrogen-bond donors (Lipinski definition) is 1. The Morgan fingerprint density at radius 2 is 2.05 bits per heavy atom. The summed E-state index contributed by atoms with van der Waals surface area (Å²) in [6.45, 7) is 4.40. The molecular weight excluding hydrogens is 282 g/mol. The van der Waals surface area contributed by atoms with Crippen molar-refractivity contribution in [3.8, 4) is 11.8 Å². The highest BCUT2D eigenvalue weighted by Gasteiger charge is 2.18. The van der Waals surface area contributed by atoms with Gasteiger partial charge in [-0.05, 0) is 37.6 Å². The van der Waals surface area contributed by atoms with E-state index >= 15 is 0 Å². The topological polar surface area (TPSA) is 40.5 Å². The maximum atomic E-state index is 12.7. The van der Waals surface area contributed by atoms with Gasteiger partial charge in [-0.15, -0.1) is 11.3 Å². The van der Waals surface area contributed by atoms with E-state index in [1.807, 2.05) is 44.2 Å². The van der Waals surface area contributed by atoms with Crippen LogP contribution in [0, 0.1) is 18.8 Å². The summed E-state index contributed by atoms with van der Waals surface area (Å²) in [6.07, 6.45) is 0. The molecule has 0 aliphatic rings. The Kier molecular flexibility index (Phi) is 5.15. The van der Waals surface area contributed by atoms with Crippen LogP contribution in [0.1, 0.15) is 27.0 Å². The van der Waals surface area contributed by atoms with Gasteiger partial charge in [0.25, 0.3) is 5.91 Å². The van der Waals surface area contributed by atoms with Crippen molar-refractivity contribution in [3.05, 3.63) is 51.7 Å². The molecule has 0 aliphatic heterocycles. The molecule has 0 fully saturated rings. The molecule has 2 rings (SSSR count). The van der Waals surface area contributed by atoms with Crippen molar-refractivity contribution in [2.24, 2.45) is 0 Å². The fraction of sp³-hybridized carbons (Fsp3) is 0.235. The van der Waals surface area contributed by atoms with Crippen molar-refractivity contribution in [2.75, 3.05) is 18.1 Å². The molecule has 0 unspecified atom stereocenters. The second-order valence-corrected chi connectivity index (χ2v) is 5.54. The number of amides is 1. The molecule has 4 heteroatoms. The third-order valence-corrected chi connectivity index (χ3v) is 4.06. The van der Waals surface area contributed by atoms with Crippen molar-refractivity contribution in [1.29, 1.82) is 0 Å². The van der Waals surface area contributed by atoms with E-state index in [1.54, 1.807) is 11.0 Å². The van der Waals surface area contributed by atoms with Gasteiger partial charge in [-0.1, -0.05) is 30.0 Å². The summed E-state index contributed by atoms with van der Waals surface area (Å²) >= 11 is 1.35. The molecule has 3 nitrogen and oxygen atoms in total. The van der Waals surface area contributed by atoms with Crippen LogP contribution in [0.15, 0.2) is 36.4 Å². The number of para-hydroxylation sites is 1. The molecule has 0 atom stereocenters. The van der Waals surface area contributed by atoms with Gasteiger partial charge in [0.15, 0.2) is 0 Å². The Hall–Kier alpha value is -2.09. The maximum Gasteiger partial charge on any atom is 0.268 e. The van der Waals surface area contributed by atoms with E-state index in [9.17, 15) is 4.79 Å². The molecule has 1 aromatic heterocycles. The zero-order valence-electron chi connectivity index (χ0n) is 12.1. The Morgan fingerprint density at radius 1 is 1.29 bits per heavy atom. The van der Waals surface area contributed by atoms with E-state index in [1.165, 1.54) is 11.3 Å². The van der Waals surface area contributed by atoms with Crippen molar-refractivity contribution in [3.63, 3.8) is 0 Å². The van der Waals surface area contributed by atoms with Gasteiger partial charge in [0.2, 0.25) is 0 Å². The lowest BCUT2D eigenvalue weighted by molar-refractivity contribution is 0.0992. The van der Waals surface area contributed by atoms with Gasteiger partial charge in [0.1, 0.15) is 6.61 Å². The average molecular weight is 299 g/mol. The van der Waals surface area contributed by atoms with Gasteiger partial charge < -0.3 is 10.0 Å². The summed E-state index contributed by atoms with van der Waals surface area (Å²) in [4.78, 5) is 15.9. The number of anilines is 1. The number of carbonyl (C=O) groups is 1. The first-order valence-electron chi connectivity index (χ1n) is 6.74. The summed E-state index contributed by atoms with van der Waals surface area (Å²) in [5.41, 5.74) is 2.01. The van der Waals surface area contributed by atoms with Gasteiger partial charge in [-0.3, -0.25) is 4.79 Å². The van der Waals surface area contributed by atoms with E-state index in [2.05, 4.69) is 11.8 Å². The third kappa shape index (κ3) is 3.52. The molecule has 1 amide bonds. The molecule has 21 heavy (non-hydrogen) atoms. The Morgan fingerprint density at radius 3 is 2.71 bits per heavy atom. The monoisotopic (exact) mass is 299 g/mol. The Bertz CT molecular complexity index is 694. The van der Waals surface area contributed by atoms with Crippen LogP contribution < -0.4 is 4.90 Å². The summed E-state index contributed by atoms with van der Waals surface area (Å²) in [6, 6.07) is 11.5. The van der Waals surface area contributed by atoms with Gasteiger partial charge in [0, 0.05) is 12.2 Å². The normalized spacial score (nSPS) is 9.86. The van der Waals surface area contributed by atoms with Crippen LogP contribution in [0.25, 0.3) is 0 Å². The van der Waals surface area contributed by atoms with Gasteiger partial charge >= 0.3 is 0 Å². The minimum atomic E-state index is -0.175. The molecule has 0 aliphatic carbocycles. The first-order valence-corrected chi connectivity index (χ1v) is 7.56. The maximum absolute atomic E-state index is 12.7. The molecule has 0 spiro atoms. The fourth-order valence-corrected chi connectivity index (χ4v) is 2.90. The van der Waals surface area contributed by atoms with E-state index in [-0.39, 0.29) is 12.5 Å². The second-order valence-electron chi connectivity index (χ2n) is 4.46. The molecule has 0 bridgehead atoms. The van der Waals surface area contributed by atoms with E-state index in [0.29, 0.717) is 11.4 Å². The van der Waals surface area contributed by atoms with Crippen molar-refractivity contribution in [2.45, 2.75) is 13.8 Å². The van der Waals surface area contributed by atoms with Crippen molar-refractivity contribution >= 4 is 22.9 Å². The second kappa shape index (κ2) is 7.07. The molecular formula is C17H17NO2S. The quantitative estimate of drug-likeness (QED) is 0.885. The Labute approximate surface area is 128 Å². The van der Waals surface area contributed by atoms with Crippen LogP contribution in [-0.4, -0.2) is 24.2 Å². The number of thiophene rings is 1. The predicted molar refractivity (Wildman–Crippen MR) is 86.8 cm³/mol. The van der Waals surface area contributed by atoms with Gasteiger partial charge in [-0.25, -0.2) is 0 Å².